The molecule has 1 aromatic carbocycles. The second kappa shape index (κ2) is 6.78. The van der Waals surface area contributed by atoms with Crippen LogP contribution in [0.15, 0.2) is 42.6 Å². The first-order valence-electron chi connectivity index (χ1n) is 9.12. The van der Waals surface area contributed by atoms with Crippen LogP contribution in [0.4, 0.5) is 11.5 Å². The van der Waals surface area contributed by atoms with Gasteiger partial charge in [-0.2, -0.15) is 0 Å². The van der Waals surface area contributed by atoms with Crippen molar-refractivity contribution >= 4 is 17.2 Å². The van der Waals surface area contributed by atoms with Crippen LogP contribution in [0.1, 0.15) is 37.7 Å². The molecule has 26 heavy (non-hydrogen) atoms. The Bertz CT molecular complexity index is 958. The van der Waals surface area contributed by atoms with Crippen molar-refractivity contribution in [1.29, 1.82) is 0 Å². The molecule has 1 aliphatic carbocycles. The van der Waals surface area contributed by atoms with Crippen LogP contribution in [-0.4, -0.2) is 20.3 Å². The van der Waals surface area contributed by atoms with Gasteiger partial charge in [0.2, 0.25) is 0 Å². The highest BCUT2D eigenvalue weighted by molar-refractivity contribution is 5.78. The van der Waals surface area contributed by atoms with Crippen LogP contribution in [0, 0.1) is 17.0 Å². The number of nitro groups is 1. The second-order valence-corrected chi connectivity index (χ2v) is 7.03. The molecule has 2 aromatic heterocycles. The molecule has 0 aliphatic heterocycles. The van der Waals surface area contributed by atoms with Crippen molar-refractivity contribution in [3.05, 3.63) is 58.3 Å². The number of non-ortho nitro benzene ring substituents is 1. The van der Waals surface area contributed by atoms with E-state index in [0.29, 0.717) is 6.04 Å². The van der Waals surface area contributed by atoms with Gasteiger partial charge in [-0.05, 0) is 37.5 Å². The Morgan fingerprint density at radius 2 is 2.00 bits per heavy atom. The van der Waals surface area contributed by atoms with Gasteiger partial charge in [0.1, 0.15) is 17.2 Å². The number of nitro benzene ring substituents is 1. The fourth-order valence-corrected chi connectivity index (χ4v) is 3.69. The molecule has 0 radical (unpaired) electrons. The average molecular weight is 350 g/mol. The highest BCUT2D eigenvalue weighted by atomic mass is 16.6. The SMILES string of the molecule is Cc1ccn2c(NC3CCCCC3)c(-c3cccc([N+](=O)[O-])c3)nc2c1. The predicted octanol–water partition coefficient (Wildman–Crippen LogP) is 4.96. The molecule has 0 amide bonds. The van der Waals surface area contributed by atoms with Gasteiger partial charge in [-0.1, -0.05) is 31.4 Å². The second-order valence-electron chi connectivity index (χ2n) is 7.03. The number of nitrogens with one attached hydrogen (secondary N) is 1. The number of hydrogen-bond donors (Lipinski definition) is 1. The summed E-state index contributed by atoms with van der Waals surface area (Å²) in [5, 5.41) is 14.8. The fourth-order valence-electron chi connectivity index (χ4n) is 3.69. The van der Waals surface area contributed by atoms with E-state index >= 15 is 0 Å². The van der Waals surface area contributed by atoms with E-state index in [9.17, 15) is 10.1 Å². The van der Waals surface area contributed by atoms with Gasteiger partial charge in [0, 0.05) is 29.9 Å². The van der Waals surface area contributed by atoms with E-state index in [1.165, 1.54) is 25.3 Å². The third-order valence-corrected chi connectivity index (χ3v) is 5.06. The number of imidazole rings is 1. The summed E-state index contributed by atoms with van der Waals surface area (Å²) in [4.78, 5) is 15.6. The minimum Gasteiger partial charge on any atom is -0.367 e. The van der Waals surface area contributed by atoms with Gasteiger partial charge >= 0.3 is 0 Å². The molecular weight excluding hydrogens is 328 g/mol. The van der Waals surface area contributed by atoms with Crippen LogP contribution in [0.3, 0.4) is 0 Å². The third-order valence-electron chi connectivity index (χ3n) is 5.06. The Kier molecular flexibility index (Phi) is 4.32. The van der Waals surface area contributed by atoms with Crippen LogP contribution in [0.2, 0.25) is 0 Å². The Hall–Kier alpha value is -2.89. The smallest absolute Gasteiger partial charge is 0.270 e. The zero-order chi connectivity index (χ0) is 18.1. The van der Waals surface area contributed by atoms with Gasteiger partial charge in [-0.25, -0.2) is 4.98 Å². The fraction of sp³-hybridized carbons (Fsp3) is 0.350. The van der Waals surface area contributed by atoms with E-state index in [0.717, 1.165) is 41.1 Å². The minimum absolute atomic E-state index is 0.0827. The standard InChI is InChI=1S/C20H22N4O2/c1-14-10-11-23-18(12-14)22-19(15-6-5-9-17(13-15)24(25)26)20(23)21-16-7-3-2-4-8-16/h5-6,9-13,16,21H,2-4,7-8H2,1H3. The lowest BCUT2D eigenvalue weighted by Crippen LogP contribution is -2.23. The van der Waals surface area contributed by atoms with E-state index in [4.69, 9.17) is 4.98 Å². The molecule has 4 rings (SSSR count). The summed E-state index contributed by atoms with van der Waals surface area (Å²) < 4.78 is 2.05. The molecular formula is C20H22N4O2. The molecule has 1 aliphatic rings. The molecule has 2 heterocycles. The first-order chi connectivity index (χ1) is 12.6. The molecule has 0 spiro atoms. The summed E-state index contributed by atoms with van der Waals surface area (Å²) in [6.07, 6.45) is 8.08. The Balaban J connectivity index is 1.83. The number of pyridine rings is 1. The van der Waals surface area contributed by atoms with Gasteiger partial charge in [0.25, 0.3) is 5.69 Å². The summed E-state index contributed by atoms with van der Waals surface area (Å²) >= 11 is 0. The molecule has 1 fully saturated rings. The molecule has 3 aromatic rings. The molecule has 134 valence electrons. The van der Waals surface area contributed by atoms with Gasteiger partial charge < -0.3 is 5.32 Å². The van der Waals surface area contributed by atoms with Crippen molar-refractivity contribution in [2.45, 2.75) is 45.1 Å². The Labute approximate surface area is 152 Å². The number of aromatic nitrogens is 2. The normalized spacial score (nSPS) is 15.3. The Morgan fingerprint density at radius 3 is 2.77 bits per heavy atom. The molecule has 0 saturated heterocycles. The van der Waals surface area contributed by atoms with Gasteiger partial charge in [0.15, 0.2) is 0 Å². The number of fused-ring (bicyclic) bond motifs is 1. The topological polar surface area (TPSA) is 72.5 Å². The van der Waals surface area contributed by atoms with E-state index in [1.807, 2.05) is 25.3 Å². The van der Waals surface area contributed by atoms with Crippen LogP contribution < -0.4 is 5.32 Å². The number of rotatable bonds is 4. The number of nitrogens with zero attached hydrogens (tertiary/aromatic N) is 3. The molecule has 6 heteroatoms. The van der Waals surface area contributed by atoms with Crippen molar-refractivity contribution in [2.24, 2.45) is 0 Å². The van der Waals surface area contributed by atoms with Crippen LogP contribution >= 0.6 is 0 Å². The predicted molar refractivity (Wildman–Crippen MR) is 103 cm³/mol. The number of benzene rings is 1. The molecule has 0 bridgehead atoms. The molecule has 1 saturated carbocycles. The largest absolute Gasteiger partial charge is 0.367 e. The highest BCUT2D eigenvalue weighted by Gasteiger charge is 2.20. The van der Waals surface area contributed by atoms with Crippen molar-refractivity contribution in [3.8, 4) is 11.3 Å². The quantitative estimate of drug-likeness (QED) is 0.533. The van der Waals surface area contributed by atoms with E-state index in [-0.39, 0.29) is 10.6 Å². The first kappa shape index (κ1) is 16.6. The summed E-state index contributed by atoms with van der Waals surface area (Å²) in [7, 11) is 0. The van der Waals surface area contributed by atoms with Crippen LogP contribution in [0.25, 0.3) is 16.9 Å². The van der Waals surface area contributed by atoms with Crippen molar-refractivity contribution in [1.82, 2.24) is 9.38 Å². The van der Waals surface area contributed by atoms with E-state index in [2.05, 4.69) is 15.8 Å². The highest BCUT2D eigenvalue weighted by Crippen LogP contribution is 2.33. The monoisotopic (exact) mass is 350 g/mol. The average Bonchev–Trinajstić information content (AvgIpc) is 3.00. The summed E-state index contributed by atoms with van der Waals surface area (Å²) in [6, 6.07) is 11.2. The summed E-state index contributed by atoms with van der Waals surface area (Å²) in [6.45, 7) is 2.04. The summed E-state index contributed by atoms with van der Waals surface area (Å²) in [5.74, 6) is 0.924. The number of hydrogen-bond acceptors (Lipinski definition) is 4. The lowest BCUT2D eigenvalue weighted by molar-refractivity contribution is -0.384. The van der Waals surface area contributed by atoms with Crippen LogP contribution in [-0.2, 0) is 0 Å². The maximum absolute atomic E-state index is 11.2. The van der Waals surface area contributed by atoms with Crippen molar-refractivity contribution in [3.63, 3.8) is 0 Å². The third kappa shape index (κ3) is 3.14. The molecule has 0 unspecified atom stereocenters. The van der Waals surface area contributed by atoms with E-state index < -0.39 is 0 Å². The zero-order valence-corrected chi connectivity index (χ0v) is 14.8. The van der Waals surface area contributed by atoms with Crippen LogP contribution in [0.5, 0.6) is 0 Å². The molecule has 0 atom stereocenters. The molecule has 6 nitrogen and oxygen atoms in total. The first-order valence-corrected chi connectivity index (χ1v) is 9.12. The molecule has 1 N–H and O–H groups in total. The lowest BCUT2D eigenvalue weighted by atomic mass is 9.95. The minimum atomic E-state index is -0.363. The van der Waals surface area contributed by atoms with Crippen molar-refractivity contribution in [2.75, 3.05) is 5.32 Å². The lowest BCUT2D eigenvalue weighted by Gasteiger charge is -2.24. The maximum atomic E-state index is 11.2. The van der Waals surface area contributed by atoms with Gasteiger partial charge in [0.05, 0.1) is 4.92 Å². The van der Waals surface area contributed by atoms with Crippen molar-refractivity contribution < 1.29 is 4.92 Å². The van der Waals surface area contributed by atoms with Gasteiger partial charge in [-0.3, -0.25) is 14.5 Å². The van der Waals surface area contributed by atoms with Gasteiger partial charge in [-0.15, -0.1) is 0 Å². The van der Waals surface area contributed by atoms with E-state index in [1.54, 1.807) is 12.1 Å². The number of anilines is 1. The Morgan fingerprint density at radius 1 is 1.19 bits per heavy atom. The number of aryl methyl sites for hydroxylation is 1. The zero-order valence-electron chi connectivity index (χ0n) is 14.8. The summed E-state index contributed by atoms with van der Waals surface area (Å²) in [5.41, 5.74) is 3.60. The maximum Gasteiger partial charge on any atom is 0.270 e.